The molecule has 1 aliphatic rings. The van der Waals surface area contributed by atoms with E-state index in [1.165, 1.54) is 12.8 Å². The summed E-state index contributed by atoms with van der Waals surface area (Å²) < 4.78 is 0. The molecule has 1 saturated carbocycles. The first kappa shape index (κ1) is 11.7. The van der Waals surface area contributed by atoms with Crippen LogP contribution in [0.3, 0.4) is 0 Å². The molecule has 3 N–H and O–H groups in total. The molecule has 4 nitrogen and oxygen atoms in total. The third-order valence-corrected chi connectivity index (χ3v) is 1.68. The highest BCUT2D eigenvalue weighted by atomic mass is 35.5. The van der Waals surface area contributed by atoms with E-state index in [2.05, 4.69) is 15.2 Å². The Morgan fingerprint density at radius 2 is 2.08 bits per heavy atom. The second-order valence-electron chi connectivity index (χ2n) is 2.62. The van der Waals surface area contributed by atoms with Crippen molar-refractivity contribution in [3.63, 3.8) is 0 Å². The molecule has 0 saturated heterocycles. The van der Waals surface area contributed by atoms with Gasteiger partial charge < -0.3 is 5.73 Å². The molecule has 12 heavy (non-hydrogen) atoms. The van der Waals surface area contributed by atoms with Crippen molar-refractivity contribution >= 4 is 24.8 Å². The molecule has 0 aromatic carbocycles. The maximum absolute atomic E-state index is 5.35. The van der Waals surface area contributed by atoms with E-state index in [1.807, 2.05) is 0 Å². The van der Waals surface area contributed by atoms with Crippen molar-refractivity contribution in [1.82, 2.24) is 15.2 Å². The van der Waals surface area contributed by atoms with Gasteiger partial charge in [-0.2, -0.15) is 5.10 Å². The fourth-order valence-corrected chi connectivity index (χ4v) is 0.925. The molecule has 1 aliphatic carbocycles. The Kier molecular flexibility index (Phi) is 4.52. The van der Waals surface area contributed by atoms with Gasteiger partial charge in [0, 0.05) is 5.92 Å². The molecule has 1 fully saturated rings. The molecule has 2 rings (SSSR count). The number of nitrogens with two attached hydrogens (primary N) is 1. The minimum Gasteiger partial charge on any atom is -0.324 e. The van der Waals surface area contributed by atoms with E-state index in [0.717, 1.165) is 11.6 Å². The average Bonchev–Trinajstić information content (AvgIpc) is 2.70. The summed E-state index contributed by atoms with van der Waals surface area (Å²) >= 11 is 0. The van der Waals surface area contributed by atoms with Crippen molar-refractivity contribution in [1.29, 1.82) is 0 Å². The smallest absolute Gasteiger partial charge is 0.153 e. The molecule has 0 amide bonds. The third-order valence-electron chi connectivity index (χ3n) is 1.68. The molecule has 1 heterocycles. The van der Waals surface area contributed by atoms with Gasteiger partial charge in [0.15, 0.2) is 5.82 Å². The highest BCUT2D eigenvalue weighted by Crippen LogP contribution is 2.37. The molecule has 70 valence electrons. The lowest BCUT2D eigenvalue weighted by Crippen LogP contribution is -1.98. The van der Waals surface area contributed by atoms with E-state index in [1.54, 1.807) is 0 Å². The average molecular weight is 211 g/mol. The first-order valence-corrected chi connectivity index (χ1v) is 3.51. The van der Waals surface area contributed by atoms with Crippen LogP contribution in [0.4, 0.5) is 0 Å². The van der Waals surface area contributed by atoms with Crippen LogP contribution in [0.1, 0.15) is 30.4 Å². The molecular weight excluding hydrogens is 199 g/mol. The van der Waals surface area contributed by atoms with Crippen molar-refractivity contribution in [2.24, 2.45) is 5.73 Å². The van der Waals surface area contributed by atoms with E-state index >= 15 is 0 Å². The second-order valence-corrected chi connectivity index (χ2v) is 2.62. The van der Waals surface area contributed by atoms with Crippen LogP contribution in [0.5, 0.6) is 0 Å². The highest BCUT2D eigenvalue weighted by molar-refractivity contribution is 5.85. The predicted octanol–water partition coefficient (Wildman–Crippen LogP) is 0.984. The van der Waals surface area contributed by atoms with Crippen LogP contribution in [0.15, 0.2) is 0 Å². The van der Waals surface area contributed by atoms with E-state index in [9.17, 15) is 0 Å². The maximum Gasteiger partial charge on any atom is 0.153 e. The van der Waals surface area contributed by atoms with Crippen LogP contribution in [0.2, 0.25) is 0 Å². The van der Waals surface area contributed by atoms with Crippen molar-refractivity contribution in [2.75, 3.05) is 0 Å². The van der Waals surface area contributed by atoms with Gasteiger partial charge in [-0.3, -0.25) is 5.10 Å². The van der Waals surface area contributed by atoms with Gasteiger partial charge in [-0.15, -0.1) is 24.8 Å². The number of aromatic amines is 1. The van der Waals surface area contributed by atoms with Crippen LogP contribution >= 0.6 is 24.8 Å². The van der Waals surface area contributed by atoms with Gasteiger partial charge in [-0.1, -0.05) is 0 Å². The Morgan fingerprint density at radius 3 is 2.50 bits per heavy atom. The summed E-state index contributed by atoms with van der Waals surface area (Å²) in [6.07, 6.45) is 2.48. The van der Waals surface area contributed by atoms with Gasteiger partial charge in [-0.05, 0) is 12.8 Å². The molecule has 0 radical (unpaired) electrons. The topological polar surface area (TPSA) is 67.6 Å². The number of hydrogen-bond acceptors (Lipinski definition) is 3. The van der Waals surface area contributed by atoms with Gasteiger partial charge in [0.05, 0.1) is 6.54 Å². The van der Waals surface area contributed by atoms with Crippen LogP contribution < -0.4 is 5.73 Å². The number of rotatable bonds is 2. The lowest BCUT2D eigenvalue weighted by Gasteiger charge is -1.82. The zero-order chi connectivity index (χ0) is 6.97. The van der Waals surface area contributed by atoms with E-state index in [-0.39, 0.29) is 24.8 Å². The van der Waals surface area contributed by atoms with Gasteiger partial charge in [0.25, 0.3) is 0 Å². The van der Waals surface area contributed by atoms with Gasteiger partial charge >= 0.3 is 0 Å². The highest BCUT2D eigenvalue weighted by Gasteiger charge is 2.27. The van der Waals surface area contributed by atoms with Crippen molar-refractivity contribution in [3.05, 3.63) is 11.6 Å². The van der Waals surface area contributed by atoms with E-state index in [0.29, 0.717) is 12.5 Å². The van der Waals surface area contributed by atoms with Gasteiger partial charge in [0.2, 0.25) is 0 Å². The third kappa shape index (κ3) is 2.33. The Bertz CT molecular complexity index is 233. The number of nitrogens with one attached hydrogen (secondary N) is 1. The van der Waals surface area contributed by atoms with Crippen molar-refractivity contribution in [3.8, 4) is 0 Å². The molecule has 1 aromatic rings. The van der Waals surface area contributed by atoms with Crippen LogP contribution in [0, 0.1) is 0 Å². The molecule has 0 spiro atoms. The van der Waals surface area contributed by atoms with E-state index < -0.39 is 0 Å². The molecule has 6 heteroatoms. The zero-order valence-electron chi connectivity index (χ0n) is 6.49. The summed E-state index contributed by atoms with van der Waals surface area (Å²) in [6, 6.07) is 0. The molecular formula is C6H12Cl2N4. The number of H-pyrrole nitrogens is 1. The Balaban J connectivity index is 0.000000605. The van der Waals surface area contributed by atoms with Crippen molar-refractivity contribution < 1.29 is 0 Å². The summed E-state index contributed by atoms with van der Waals surface area (Å²) in [5.74, 6) is 2.36. The Hall–Kier alpha value is -0.320. The quantitative estimate of drug-likeness (QED) is 0.766. The monoisotopic (exact) mass is 210 g/mol. The fraction of sp³-hybridized carbons (Fsp3) is 0.667. The maximum atomic E-state index is 5.35. The SMILES string of the molecule is Cl.Cl.NCc1nc(C2CC2)n[nH]1. The predicted molar refractivity (Wildman–Crippen MR) is 50.7 cm³/mol. The number of nitrogens with zero attached hydrogens (tertiary/aromatic N) is 2. The summed E-state index contributed by atoms with van der Waals surface area (Å²) in [5.41, 5.74) is 5.35. The van der Waals surface area contributed by atoms with Crippen molar-refractivity contribution in [2.45, 2.75) is 25.3 Å². The van der Waals surface area contributed by atoms with Crippen LogP contribution in [-0.4, -0.2) is 15.2 Å². The van der Waals surface area contributed by atoms with Crippen LogP contribution in [0.25, 0.3) is 0 Å². The second kappa shape index (κ2) is 4.64. The van der Waals surface area contributed by atoms with Gasteiger partial charge in [-0.25, -0.2) is 4.98 Å². The number of hydrogen-bond donors (Lipinski definition) is 2. The summed E-state index contributed by atoms with van der Waals surface area (Å²) in [6.45, 7) is 0.458. The normalized spacial score (nSPS) is 14.8. The Morgan fingerprint density at radius 1 is 1.42 bits per heavy atom. The Labute approximate surface area is 83.1 Å². The van der Waals surface area contributed by atoms with Crippen LogP contribution in [-0.2, 0) is 6.54 Å². The van der Waals surface area contributed by atoms with E-state index in [4.69, 9.17) is 5.73 Å². The number of halogens is 2. The zero-order valence-corrected chi connectivity index (χ0v) is 8.12. The lowest BCUT2D eigenvalue weighted by atomic mass is 10.4. The minimum atomic E-state index is 0. The summed E-state index contributed by atoms with van der Waals surface area (Å²) in [7, 11) is 0. The molecule has 0 unspecified atom stereocenters. The standard InChI is InChI=1S/C6H10N4.2ClH/c7-3-5-8-6(10-9-5)4-1-2-4;;/h4H,1-3,7H2,(H,8,9,10);2*1H. The fourth-order valence-electron chi connectivity index (χ4n) is 0.925. The minimum absolute atomic E-state index is 0. The molecule has 0 atom stereocenters. The first-order chi connectivity index (χ1) is 4.90. The summed E-state index contributed by atoms with van der Waals surface area (Å²) in [4.78, 5) is 4.20. The summed E-state index contributed by atoms with van der Waals surface area (Å²) in [5, 5.41) is 6.82. The molecule has 0 aliphatic heterocycles. The first-order valence-electron chi connectivity index (χ1n) is 3.51. The molecule has 0 bridgehead atoms. The van der Waals surface area contributed by atoms with Gasteiger partial charge in [0.1, 0.15) is 5.82 Å². The molecule has 1 aromatic heterocycles. The largest absolute Gasteiger partial charge is 0.324 e. The lowest BCUT2D eigenvalue weighted by molar-refractivity contribution is 0.915. The number of aromatic nitrogens is 3.